The Morgan fingerprint density at radius 2 is 1.90 bits per heavy atom. The summed E-state index contributed by atoms with van der Waals surface area (Å²) in [5.74, 6) is 1.84. The van der Waals surface area contributed by atoms with Crippen molar-refractivity contribution in [3.8, 4) is 5.75 Å². The van der Waals surface area contributed by atoms with Gasteiger partial charge in [0, 0.05) is 23.6 Å². The van der Waals surface area contributed by atoms with Crippen molar-refractivity contribution in [2.75, 3.05) is 17.2 Å². The molecule has 4 aromatic rings. The van der Waals surface area contributed by atoms with Crippen LogP contribution >= 0.6 is 0 Å². The van der Waals surface area contributed by atoms with Gasteiger partial charge in [-0.1, -0.05) is 30.3 Å². The van der Waals surface area contributed by atoms with Crippen molar-refractivity contribution >= 4 is 28.4 Å². The number of anilines is 3. The van der Waals surface area contributed by atoms with E-state index < -0.39 is 0 Å². The lowest BCUT2D eigenvalue weighted by atomic mass is 10.1. The third-order valence-electron chi connectivity index (χ3n) is 4.43. The lowest BCUT2D eigenvalue weighted by molar-refractivity contribution is 0.244. The summed E-state index contributed by atoms with van der Waals surface area (Å²) in [7, 11) is 0. The van der Waals surface area contributed by atoms with Gasteiger partial charge in [-0.2, -0.15) is 10.1 Å². The minimum absolute atomic E-state index is 0.0782. The van der Waals surface area contributed by atoms with Gasteiger partial charge in [0.25, 0.3) is 0 Å². The molecule has 0 aliphatic rings. The average molecular weight is 388 g/mol. The third-order valence-corrected chi connectivity index (χ3v) is 4.43. The number of nitrogens with zero attached hydrogens (tertiary/aromatic N) is 3. The van der Waals surface area contributed by atoms with E-state index in [1.54, 1.807) is 6.20 Å². The molecule has 0 saturated carbocycles. The summed E-state index contributed by atoms with van der Waals surface area (Å²) < 4.78 is 5.83. The number of para-hydroxylation sites is 3. The van der Waals surface area contributed by atoms with Crippen LogP contribution in [-0.2, 0) is 6.42 Å². The zero-order valence-corrected chi connectivity index (χ0v) is 16.5. The van der Waals surface area contributed by atoms with E-state index in [0.717, 1.165) is 29.9 Å². The molecule has 3 N–H and O–H groups in total. The molecule has 0 aliphatic carbocycles. The topological polar surface area (TPSA) is 87.8 Å². The lowest BCUT2D eigenvalue weighted by Gasteiger charge is -2.14. The first-order chi connectivity index (χ1) is 14.2. The fraction of sp³-hybridized carbons (Fsp3) is 0.227. The van der Waals surface area contributed by atoms with Gasteiger partial charge in [0.1, 0.15) is 5.75 Å². The Bertz CT molecular complexity index is 1090. The number of fused-ring (bicyclic) bond motifs is 1. The fourth-order valence-corrected chi connectivity index (χ4v) is 3.15. The molecule has 0 radical (unpaired) electrons. The van der Waals surface area contributed by atoms with E-state index in [9.17, 15) is 0 Å². The normalized spacial score (nSPS) is 11.0. The Balaban J connectivity index is 1.40. The van der Waals surface area contributed by atoms with Crippen LogP contribution in [0, 0.1) is 0 Å². The minimum Gasteiger partial charge on any atom is -0.489 e. The van der Waals surface area contributed by atoms with E-state index in [4.69, 9.17) is 4.74 Å². The van der Waals surface area contributed by atoms with Crippen molar-refractivity contribution < 1.29 is 4.74 Å². The molecule has 0 bridgehead atoms. The molecule has 7 nitrogen and oxygen atoms in total. The number of aromatic nitrogens is 4. The number of nitrogens with one attached hydrogen (secondary N) is 3. The maximum Gasteiger partial charge on any atom is 0.249 e. The average Bonchev–Trinajstić information content (AvgIpc) is 3.13. The van der Waals surface area contributed by atoms with Gasteiger partial charge in [-0.15, -0.1) is 5.10 Å². The summed E-state index contributed by atoms with van der Waals surface area (Å²) in [6.07, 6.45) is 4.64. The quantitative estimate of drug-likeness (QED) is 0.411. The number of benzene rings is 2. The predicted octanol–water partition coefficient (Wildman–Crippen LogP) is 4.54. The van der Waals surface area contributed by atoms with E-state index in [0.29, 0.717) is 11.8 Å². The molecule has 0 fully saturated rings. The van der Waals surface area contributed by atoms with Gasteiger partial charge >= 0.3 is 0 Å². The molecular weight excluding hydrogens is 364 g/mol. The summed E-state index contributed by atoms with van der Waals surface area (Å²) in [6, 6.07) is 16.0. The first-order valence-corrected chi connectivity index (χ1v) is 9.70. The molecular formula is C22H24N6O. The van der Waals surface area contributed by atoms with Crippen LogP contribution in [0.15, 0.2) is 60.9 Å². The first kappa shape index (κ1) is 18.7. The summed E-state index contributed by atoms with van der Waals surface area (Å²) in [5, 5.41) is 15.9. The van der Waals surface area contributed by atoms with E-state index >= 15 is 0 Å². The highest BCUT2D eigenvalue weighted by molar-refractivity contribution is 5.83. The van der Waals surface area contributed by atoms with Gasteiger partial charge in [0.2, 0.25) is 5.95 Å². The smallest absolute Gasteiger partial charge is 0.249 e. The predicted molar refractivity (Wildman–Crippen MR) is 116 cm³/mol. The Morgan fingerprint density at radius 1 is 1.07 bits per heavy atom. The summed E-state index contributed by atoms with van der Waals surface area (Å²) in [5.41, 5.74) is 3.23. The van der Waals surface area contributed by atoms with E-state index in [1.165, 1.54) is 10.9 Å². The van der Waals surface area contributed by atoms with Crippen LogP contribution in [0.3, 0.4) is 0 Å². The van der Waals surface area contributed by atoms with Gasteiger partial charge in [0.05, 0.1) is 18.0 Å². The number of H-pyrrole nitrogens is 1. The molecule has 0 aliphatic heterocycles. The minimum atomic E-state index is 0.0782. The Labute approximate surface area is 169 Å². The molecule has 0 amide bonds. The molecule has 7 heteroatoms. The molecule has 4 rings (SSSR count). The molecule has 148 valence electrons. The monoisotopic (exact) mass is 388 g/mol. The second kappa shape index (κ2) is 8.60. The number of aromatic amines is 1. The molecule has 0 spiro atoms. The van der Waals surface area contributed by atoms with Crippen LogP contribution in [0.2, 0.25) is 0 Å². The van der Waals surface area contributed by atoms with Crippen molar-refractivity contribution in [1.29, 1.82) is 0 Å². The Morgan fingerprint density at radius 3 is 2.79 bits per heavy atom. The SMILES string of the molecule is CC(C)Oc1ccccc1Nc1nncc(NCCc2c[nH]c3ccccc23)n1. The van der Waals surface area contributed by atoms with E-state index in [1.807, 2.05) is 44.2 Å². The van der Waals surface area contributed by atoms with Gasteiger partial charge in [-0.3, -0.25) is 0 Å². The van der Waals surface area contributed by atoms with Crippen LogP contribution in [-0.4, -0.2) is 32.8 Å². The highest BCUT2D eigenvalue weighted by Gasteiger charge is 2.08. The van der Waals surface area contributed by atoms with Crippen molar-refractivity contribution in [2.45, 2.75) is 26.4 Å². The van der Waals surface area contributed by atoms with Crippen molar-refractivity contribution in [2.24, 2.45) is 0 Å². The zero-order chi connectivity index (χ0) is 20.1. The van der Waals surface area contributed by atoms with Crippen LogP contribution in [0.5, 0.6) is 5.75 Å². The van der Waals surface area contributed by atoms with Crippen molar-refractivity contribution in [3.63, 3.8) is 0 Å². The largest absolute Gasteiger partial charge is 0.489 e. The molecule has 29 heavy (non-hydrogen) atoms. The number of ether oxygens (including phenoxy) is 1. The van der Waals surface area contributed by atoms with Crippen LogP contribution in [0.25, 0.3) is 10.9 Å². The first-order valence-electron chi connectivity index (χ1n) is 9.70. The standard InChI is InChI=1S/C22H24N6O/c1-15(2)29-20-10-6-5-9-19(20)26-22-27-21(14-25-28-22)23-12-11-16-13-24-18-8-4-3-7-17(16)18/h3-10,13-15,24H,11-12H2,1-2H3,(H2,23,26,27,28). The second-order valence-corrected chi connectivity index (χ2v) is 6.99. The van der Waals surface area contributed by atoms with Gasteiger partial charge < -0.3 is 20.4 Å². The molecule has 0 saturated heterocycles. The maximum atomic E-state index is 5.83. The highest BCUT2D eigenvalue weighted by atomic mass is 16.5. The molecule has 0 atom stereocenters. The van der Waals surface area contributed by atoms with Crippen LogP contribution in [0.4, 0.5) is 17.5 Å². The Hall–Kier alpha value is -3.61. The van der Waals surface area contributed by atoms with Gasteiger partial charge in [-0.05, 0) is 44.0 Å². The van der Waals surface area contributed by atoms with Crippen molar-refractivity contribution in [3.05, 3.63) is 66.5 Å². The van der Waals surface area contributed by atoms with Crippen LogP contribution < -0.4 is 15.4 Å². The number of hydrogen-bond acceptors (Lipinski definition) is 6. The zero-order valence-electron chi connectivity index (χ0n) is 16.5. The molecule has 2 aromatic heterocycles. The highest BCUT2D eigenvalue weighted by Crippen LogP contribution is 2.27. The third kappa shape index (κ3) is 4.63. The van der Waals surface area contributed by atoms with Crippen LogP contribution in [0.1, 0.15) is 19.4 Å². The van der Waals surface area contributed by atoms with E-state index in [-0.39, 0.29) is 6.10 Å². The summed E-state index contributed by atoms with van der Waals surface area (Å²) >= 11 is 0. The van der Waals surface area contributed by atoms with E-state index in [2.05, 4.69) is 55.2 Å². The molecule has 2 heterocycles. The van der Waals surface area contributed by atoms with Gasteiger partial charge in [-0.25, -0.2) is 0 Å². The lowest BCUT2D eigenvalue weighted by Crippen LogP contribution is -2.10. The fourth-order valence-electron chi connectivity index (χ4n) is 3.15. The summed E-state index contributed by atoms with van der Waals surface area (Å²) in [4.78, 5) is 7.81. The number of rotatable bonds is 8. The molecule has 2 aromatic carbocycles. The Kier molecular flexibility index (Phi) is 5.56. The van der Waals surface area contributed by atoms with Crippen molar-refractivity contribution in [1.82, 2.24) is 20.2 Å². The summed E-state index contributed by atoms with van der Waals surface area (Å²) in [6.45, 7) is 4.73. The maximum absolute atomic E-state index is 5.83. The van der Waals surface area contributed by atoms with Gasteiger partial charge in [0.15, 0.2) is 5.82 Å². The number of hydrogen-bond donors (Lipinski definition) is 3. The second-order valence-electron chi connectivity index (χ2n) is 6.99. The molecule has 0 unspecified atom stereocenters.